The lowest BCUT2D eigenvalue weighted by Gasteiger charge is -2.17. The number of benzene rings is 2. The third-order valence-electron chi connectivity index (χ3n) is 3.87. The first-order valence-corrected chi connectivity index (χ1v) is 7.62. The fourth-order valence-corrected chi connectivity index (χ4v) is 2.58. The molecule has 6 heteroatoms. The number of nitriles is 1. The predicted molar refractivity (Wildman–Crippen MR) is 88.7 cm³/mol. The number of anilines is 1. The number of nitrogens with zero attached hydrogens (tertiary/aromatic N) is 3. The van der Waals surface area contributed by atoms with E-state index >= 15 is 0 Å². The summed E-state index contributed by atoms with van der Waals surface area (Å²) in [5.74, 6) is -0.529. The SMILES string of the molecule is CCN(C#N)Nc1ccc(CN2C(=O)c3ccccc3C2=O)cc1. The minimum absolute atomic E-state index is 0.225. The van der Waals surface area contributed by atoms with Crippen LogP contribution in [0.3, 0.4) is 0 Å². The fourth-order valence-electron chi connectivity index (χ4n) is 2.58. The molecule has 1 aliphatic rings. The molecule has 1 aliphatic heterocycles. The predicted octanol–water partition coefficient (Wildman–Crippen LogP) is 2.61. The smallest absolute Gasteiger partial charge is 0.261 e. The quantitative estimate of drug-likeness (QED) is 0.397. The average Bonchev–Trinajstić information content (AvgIpc) is 2.86. The van der Waals surface area contributed by atoms with Crippen LogP contribution in [0.2, 0.25) is 0 Å². The molecule has 6 nitrogen and oxygen atoms in total. The Kier molecular flexibility index (Phi) is 4.17. The molecule has 2 amide bonds. The highest BCUT2D eigenvalue weighted by atomic mass is 16.2. The van der Waals surface area contributed by atoms with E-state index in [-0.39, 0.29) is 18.4 Å². The van der Waals surface area contributed by atoms with E-state index < -0.39 is 0 Å². The van der Waals surface area contributed by atoms with Crippen LogP contribution in [0.25, 0.3) is 0 Å². The molecule has 120 valence electrons. The zero-order valence-corrected chi connectivity index (χ0v) is 13.2. The number of carbonyl (C=O) groups is 2. The summed E-state index contributed by atoms with van der Waals surface area (Å²) in [6.45, 7) is 2.64. The summed E-state index contributed by atoms with van der Waals surface area (Å²) in [6.07, 6.45) is 2.02. The second kappa shape index (κ2) is 6.42. The number of hydrogen-bond acceptors (Lipinski definition) is 5. The number of amides is 2. The third-order valence-corrected chi connectivity index (χ3v) is 3.87. The Hall–Kier alpha value is -3.33. The zero-order chi connectivity index (χ0) is 17.1. The first kappa shape index (κ1) is 15.6. The van der Waals surface area contributed by atoms with Gasteiger partial charge in [-0.15, -0.1) is 0 Å². The van der Waals surface area contributed by atoms with Gasteiger partial charge in [0.25, 0.3) is 11.8 Å². The summed E-state index contributed by atoms with van der Waals surface area (Å²) in [5, 5.41) is 10.3. The van der Waals surface area contributed by atoms with E-state index in [9.17, 15) is 9.59 Å². The number of hydrazine groups is 1. The van der Waals surface area contributed by atoms with Gasteiger partial charge < -0.3 is 0 Å². The Morgan fingerprint density at radius 3 is 2.12 bits per heavy atom. The molecule has 2 aromatic carbocycles. The van der Waals surface area contributed by atoms with Crippen molar-refractivity contribution in [1.82, 2.24) is 9.91 Å². The van der Waals surface area contributed by atoms with Crippen LogP contribution in [-0.4, -0.2) is 28.3 Å². The molecule has 0 aromatic heterocycles. The van der Waals surface area contributed by atoms with E-state index in [1.807, 2.05) is 37.4 Å². The normalized spacial score (nSPS) is 12.8. The number of nitrogens with one attached hydrogen (secondary N) is 1. The van der Waals surface area contributed by atoms with Gasteiger partial charge in [-0.3, -0.25) is 19.9 Å². The molecule has 0 bridgehead atoms. The summed E-state index contributed by atoms with van der Waals surface area (Å²) in [4.78, 5) is 26.0. The molecule has 0 unspecified atom stereocenters. The molecule has 0 saturated heterocycles. The molecule has 0 fully saturated rings. The second-order valence-corrected chi connectivity index (χ2v) is 5.40. The van der Waals surface area contributed by atoms with Crippen LogP contribution in [-0.2, 0) is 6.54 Å². The van der Waals surface area contributed by atoms with Gasteiger partial charge in [-0.05, 0) is 36.8 Å². The highest BCUT2D eigenvalue weighted by Crippen LogP contribution is 2.24. The first-order valence-electron chi connectivity index (χ1n) is 7.62. The number of imide groups is 1. The minimum atomic E-state index is -0.264. The van der Waals surface area contributed by atoms with Gasteiger partial charge in [-0.1, -0.05) is 24.3 Å². The van der Waals surface area contributed by atoms with Crippen LogP contribution >= 0.6 is 0 Å². The van der Waals surface area contributed by atoms with Gasteiger partial charge in [0.2, 0.25) is 0 Å². The number of carbonyl (C=O) groups excluding carboxylic acids is 2. The average molecular weight is 320 g/mol. The lowest BCUT2D eigenvalue weighted by Crippen LogP contribution is -2.29. The van der Waals surface area contributed by atoms with Crippen molar-refractivity contribution in [2.45, 2.75) is 13.5 Å². The second-order valence-electron chi connectivity index (χ2n) is 5.40. The maximum Gasteiger partial charge on any atom is 0.261 e. The third kappa shape index (κ3) is 2.79. The summed E-state index contributed by atoms with van der Waals surface area (Å²) in [7, 11) is 0. The van der Waals surface area contributed by atoms with Gasteiger partial charge in [0.15, 0.2) is 6.19 Å². The van der Waals surface area contributed by atoms with Gasteiger partial charge in [-0.25, -0.2) is 5.01 Å². The van der Waals surface area contributed by atoms with Crippen LogP contribution in [0.1, 0.15) is 33.2 Å². The molecule has 1 N–H and O–H groups in total. The standard InChI is InChI=1S/C18H16N4O2/c1-2-21(12-19)20-14-9-7-13(8-10-14)11-22-17(23)15-5-3-4-6-16(15)18(22)24/h3-10,20H,2,11H2,1H3. The van der Waals surface area contributed by atoms with E-state index in [2.05, 4.69) is 5.43 Å². The van der Waals surface area contributed by atoms with Gasteiger partial charge in [0.1, 0.15) is 0 Å². The minimum Gasteiger partial charge on any atom is -0.290 e. The summed E-state index contributed by atoms with van der Waals surface area (Å²) in [6, 6.07) is 14.1. The molecule has 0 aliphatic carbocycles. The van der Waals surface area contributed by atoms with Crippen molar-refractivity contribution in [3.05, 3.63) is 65.2 Å². The monoisotopic (exact) mass is 320 g/mol. The molecule has 0 spiro atoms. The highest BCUT2D eigenvalue weighted by molar-refractivity contribution is 6.21. The van der Waals surface area contributed by atoms with E-state index in [1.165, 1.54) is 9.91 Å². The van der Waals surface area contributed by atoms with E-state index in [0.29, 0.717) is 17.7 Å². The Morgan fingerprint density at radius 1 is 1.04 bits per heavy atom. The topological polar surface area (TPSA) is 76.4 Å². The van der Waals surface area contributed by atoms with Crippen LogP contribution in [0.15, 0.2) is 48.5 Å². The Balaban J connectivity index is 1.73. The van der Waals surface area contributed by atoms with Crippen LogP contribution in [0, 0.1) is 11.5 Å². The zero-order valence-electron chi connectivity index (χ0n) is 13.2. The number of hydrogen-bond donors (Lipinski definition) is 1. The molecule has 24 heavy (non-hydrogen) atoms. The fraction of sp³-hybridized carbons (Fsp3) is 0.167. The molecule has 0 radical (unpaired) electrons. The Labute approximate surface area is 139 Å². The van der Waals surface area contributed by atoms with Crippen molar-refractivity contribution in [2.24, 2.45) is 0 Å². The summed E-state index contributed by atoms with van der Waals surface area (Å²) in [5.41, 5.74) is 5.47. The summed E-state index contributed by atoms with van der Waals surface area (Å²) < 4.78 is 0. The van der Waals surface area contributed by atoms with E-state index in [4.69, 9.17) is 5.26 Å². The van der Waals surface area contributed by atoms with Gasteiger partial charge >= 0.3 is 0 Å². The lowest BCUT2D eigenvalue weighted by molar-refractivity contribution is 0.0642. The van der Waals surface area contributed by atoms with Crippen molar-refractivity contribution in [1.29, 1.82) is 5.26 Å². The molecule has 0 saturated carbocycles. The number of rotatable bonds is 5. The van der Waals surface area contributed by atoms with Crippen molar-refractivity contribution < 1.29 is 9.59 Å². The maximum atomic E-state index is 12.4. The van der Waals surface area contributed by atoms with Crippen LogP contribution < -0.4 is 5.43 Å². The molecular weight excluding hydrogens is 304 g/mol. The van der Waals surface area contributed by atoms with Gasteiger partial charge in [0, 0.05) is 6.54 Å². The first-order chi connectivity index (χ1) is 11.6. The summed E-state index contributed by atoms with van der Waals surface area (Å²) >= 11 is 0. The Bertz CT molecular complexity index is 789. The number of fused-ring (bicyclic) bond motifs is 1. The molecule has 0 atom stereocenters. The maximum absolute atomic E-state index is 12.4. The molecule has 2 aromatic rings. The van der Waals surface area contributed by atoms with Crippen LogP contribution in [0.5, 0.6) is 0 Å². The highest BCUT2D eigenvalue weighted by Gasteiger charge is 2.34. The van der Waals surface area contributed by atoms with Gasteiger partial charge in [-0.2, -0.15) is 5.26 Å². The molecule has 1 heterocycles. The van der Waals surface area contributed by atoms with Crippen molar-refractivity contribution in [3.63, 3.8) is 0 Å². The van der Waals surface area contributed by atoms with Gasteiger partial charge in [0.05, 0.1) is 23.4 Å². The van der Waals surface area contributed by atoms with E-state index in [1.54, 1.807) is 24.3 Å². The van der Waals surface area contributed by atoms with Crippen molar-refractivity contribution >= 4 is 17.5 Å². The largest absolute Gasteiger partial charge is 0.290 e. The lowest BCUT2D eigenvalue weighted by atomic mass is 10.1. The Morgan fingerprint density at radius 2 is 1.62 bits per heavy atom. The van der Waals surface area contributed by atoms with Crippen LogP contribution in [0.4, 0.5) is 5.69 Å². The van der Waals surface area contributed by atoms with E-state index in [0.717, 1.165) is 11.3 Å². The molecular formula is C18H16N4O2. The van der Waals surface area contributed by atoms with Crippen molar-refractivity contribution in [3.8, 4) is 6.19 Å². The van der Waals surface area contributed by atoms with Crippen molar-refractivity contribution in [2.75, 3.05) is 12.0 Å². The molecule has 3 rings (SSSR count).